The van der Waals surface area contributed by atoms with Gasteiger partial charge < -0.3 is 19.5 Å². The molecule has 5 nitrogen and oxygen atoms in total. The highest BCUT2D eigenvalue weighted by Gasteiger charge is 2.42. The van der Waals surface area contributed by atoms with Crippen molar-refractivity contribution in [2.75, 3.05) is 4.90 Å². The van der Waals surface area contributed by atoms with Crippen molar-refractivity contribution in [3.05, 3.63) is 107 Å². The zero-order chi connectivity index (χ0) is 26.3. The van der Waals surface area contributed by atoms with E-state index in [-0.39, 0.29) is 18.2 Å². The summed E-state index contributed by atoms with van der Waals surface area (Å²) in [5, 5.41) is 4.28. The van der Waals surface area contributed by atoms with E-state index in [2.05, 4.69) is 84.9 Å². The first-order valence-electron chi connectivity index (χ1n) is 12.8. The number of rotatable bonds is 6. The number of thiocarbonyl (C=S) groups is 1. The Bertz CT molecular complexity index is 1410. The fourth-order valence-electron chi connectivity index (χ4n) is 5.50. The largest absolute Gasteiger partial charge is 0.491 e. The Labute approximate surface area is 225 Å². The average molecular weight is 511 g/mol. The number of ether oxygens (including phenoxy) is 1. The molecule has 0 bridgehead atoms. The molecule has 4 aromatic rings. The first-order chi connectivity index (χ1) is 17.8. The van der Waals surface area contributed by atoms with E-state index in [9.17, 15) is 0 Å². The van der Waals surface area contributed by atoms with Crippen LogP contribution in [0.2, 0.25) is 0 Å². The normalized spacial score (nSPS) is 17.4. The van der Waals surface area contributed by atoms with Gasteiger partial charge in [-0.15, -0.1) is 0 Å². The number of anilines is 1. The van der Waals surface area contributed by atoms with Crippen LogP contribution < -0.4 is 15.0 Å². The minimum absolute atomic E-state index is 0.0662. The number of aromatic nitrogens is 2. The number of nitrogens with zero attached hydrogens (tertiary/aromatic N) is 3. The zero-order valence-corrected chi connectivity index (χ0v) is 23.1. The van der Waals surface area contributed by atoms with E-state index >= 15 is 0 Å². The van der Waals surface area contributed by atoms with Gasteiger partial charge in [0.25, 0.3) is 0 Å². The number of hydrogen-bond donors (Lipinski definition) is 1. The van der Waals surface area contributed by atoms with E-state index in [0.717, 1.165) is 17.1 Å². The average Bonchev–Trinajstić information content (AvgIpc) is 3.35. The van der Waals surface area contributed by atoms with Crippen LogP contribution in [0.15, 0.2) is 72.9 Å². The minimum Gasteiger partial charge on any atom is -0.491 e. The SMILES string of the molecule is Cc1cccc(C)c1-n1c(C)cc(C2C(c3ccccn3)NC(=S)N2c2ccc(OC(C)C)cc2)c1C. The molecule has 1 aliphatic rings. The van der Waals surface area contributed by atoms with Crippen LogP contribution in [-0.2, 0) is 0 Å². The van der Waals surface area contributed by atoms with Gasteiger partial charge in [0.2, 0.25) is 0 Å². The Balaban J connectivity index is 1.65. The monoisotopic (exact) mass is 510 g/mol. The molecule has 37 heavy (non-hydrogen) atoms. The third kappa shape index (κ3) is 4.62. The van der Waals surface area contributed by atoms with Gasteiger partial charge in [-0.3, -0.25) is 4.98 Å². The highest BCUT2D eigenvalue weighted by atomic mass is 32.1. The van der Waals surface area contributed by atoms with Gasteiger partial charge in [0.1, 0.15) is 5.75 Å². The van der Waals surface area contributed by atoms with Gasteiger partial charge in [0.05, 0.1) is 29.6 Å². The lowest BCUT2D eigenvalue weighted by atomic mass is 9.96. The molecule has 1 N–H and O–H groups in total. The van der Waals surface area contributed by atoms with Crippen LogP contribution in [0.3, 0.4) is 0 Å². The topological polar surface area (TPSA) is 42.3 Å². The van der Waals surface area contributed by atoms with Crippen LogP contribution in [0.5, 0.6) is 5.75 Å². The Morgan fingerprint density at radius 3 is 2.24 bits per heavy atom. The maximum atomic E-state index is 5.95. The second-order valence-corrected chi connectivity index (χ2v) is 10.4. The van der Waals surface area contributed by atoms with Crippen LogP contribution in [0.4, 0.5) is 5.69 Å². The molecule has 3 heterocycles. The summed E-state index contributed by atoms with van der Waals surface area (Å²) in [5.41, 5.74) is 9.38. The second kappa shape index (κ2) is 10.0. The molecule has 2 aromatic heterocycles. The first kappa shape index (κ1) is 25.0. The van der Waals surface area contributed by atoms with Gasteiger partial charge >= 0.3 is 0 Å². The lowest BCUT2D eigenvalue weighted by Gasteiger charge is -2.28. The van der Waals surface area contributed by atoms with E-state index in [1.54, 1.807) is 0 Å². The third-order valence-corrected chi connectivity index (χ3v) is 7.35. The summed E-state index contributed by atoms with van der Waals surface area (Å²) >= 11 is 5.95. The molecule has 2 unspecified atom stereocenters. The van der Waals surface area contributed by atoms with Gasteiger partial charge in [0, 0.05) is 23.3 Å². The predicted octanol–water partition coefficient (Wildman–Crippen LogP) is 7.07. The van der Waals surface area contributed by atoms with Crippen LogP contribution in [0.1, 0.15) is 59.7 Å². The lowest BCUT2D eigenvalue weighted by Crippen LogP contribution is -2.29. The second-order valence-electron chi connectivity index (χ2n) is 10.1. The fraction of sp³-hybridized carbons (Fsp3) is 0.290. The van der Waals surface area contributed by atoms with E-state index in [1.165, 1.54) is 33.8 Å². The molecule has 1 aliphatic heterocycles. The standard InChI is InChI=1S/C31H34N4OS/c1-19(2)36-25-15-13-24(14-16-25)35-30(28(33-31(35)37)27-12-7-8-17-32-27)26-18-22(5)34(23(26)6)29-20(3)10-9-11-21(29)4/h7-19,28,30H,1-6H3,(H,33,37). The van der Waals surface area contributed by atoms with Crippen molar-refractivity contribution in [2.45, 2.75) is 59.7 Å². The highest BCUT2D eigenvalue weighted by Crippen LogP contribution is 2.44. The van der Waals surface area contributed by atoms with E-state index in [4.69, 9.17) is 21.9 Å². The Kier molecular flexibility index (Phi) is 6.78. The quantitative estimate of drug-likeness (QED) is 0.281. The van der Waals surface area contributed by atoms with Crippen molar-refractivity contribution >= 4 is 23.0 Å². The van der Waals surface area contributed by atoms with Gasteiger partial charge in [-0.25, -0.2) is 0 Å². The van der Waals surface area contributed by atoms with E-state index in [1.807, 2.05) is 44.3 Å². The molecule has 190 valence electrons. The smallest absolute Gasteiger partial charge is 0.174 e. The van der Waals surface area contributed by atoms with Gasteiger partial charge in [-0.2, -0.15) is 0 Å². The maximum Gasteiger partial charge on any atom is 0.174 e. The number of hydrogen-bond acceptors (Lipinski definition) is 3. The van der Waals surface area contributed by atoms with Gasteiger partial charge in [-0.1, -0.05) is 24.3 Å². The molecule has 0 radical (unpaired) electrons. The lowest BCUT2D eigenvalue weighted by molar-refractivity contribution is 0.242. The minimum atomic E-state index is -0.0905. The summed E-state index contributed by atoms with van der Waals surface area (Å²) in [6.45, 7) is 12.8. The molecule has 6 heteroatoms. The van der Waals surface area contributed by atoms with Crippen molar-refractivity contribution in [3.63, 3.8) is 0 Å². The van der Waals surface area contributed by atoms with Crippen LogP contribution >= 0.6 is 12.2 Å². The Morgan fingerprint density at radius 2 is 1.62 bits per heavy atom. The molecule has 2 atom stereocenters. The van der Waals surface area contributed by atoms with Crippen molar-refractivity contribution in [3.8, 4) is 11.4 Å². The Morgan fingerprint density at radius 1 is 0.919 bits per heavy atom. The summed E-state index contributed by atoms with van der Waals surface area (Å²) in [6.07, 6.45) is 1.97. The molecule has 1 saturated heterocycles. The molecule has 0 saturated carbocycles. The summed E-state index contributed by atoms with van der Waals surface area (Å²) < 4.78 is 8.27. The fourth-order valence-corrected chi connectivity index (χ4v) is 5.84. The predicted molar refractivity (Wildman–Crippen MR) is 155 cm³/mol. The summed E-state index contributed by atoms with van der Waals surface area (Å²) in [4.78, 5) is 6.94. The molecule has 0 aliphatic carbocycles. The molecular formula is C31H34N4OS. The Hall–Kier alpha value is -3.64. The molecule has 0 amide bonds. The highest BCUT2D eigenvalue weighted by molar-refractivity contribution is 7.80. The van der Waals surface area contributed by atoms with Crippen molar-refractivity contribution in [1.82, 2.24) is 14.9 Å². The van der Waals surface area contributed by atoms with Gasteiger partial charge in [0.15, 0.2) is 5.11 Å². The van der Waals surface area contributed by atoms with Crippen molar-refractivity contribution < 1.29 is 4.74 Å². The number of benzene rings is 2. The number of nitrogens with one attached hydrogen (secondary N) is 1. The summed E-state index contributed by atoms with van der Waals surface area (Å²) in [6, 6.07) is 22.9. The molecule has 1 fully saturated rings. The van der Waals surface area contributed by atoms with Crippen LogP contribution in [-0.4, -0.2) is 20.8 Å². The number of pyridine rings is 1. The van der Waals surface area contributed by atoms with E-state index in [0.29, 0.717) is 5.11 Å². The molecular weight excluding hydrogens is 476 g/mol. The molecule has 5 rings (SSSR count). The summed E-state index contributed by atoms with van der Waals surface area (Å²) in [5.74, 6) is 0.850. The van der Waals surface area contributed by atoms with Crippen molar-refractivity contribution in [2.24, 2.45) is 0 Å². The van der Waals surface area contributed by atoms with Crippen LogP contribution in [0, 0.1) is 27.7 Å². The zero-order valence-electron chi connectivity index (χ0n) is 22.3. The number of aryl methyl sites for hydroxylation is 3. The van der Waals surface area contributed by atoms with Crippen molar-refractivity contribution in [1.29, 1.82) is 0 Å². The molecule has 2 aromatic carbocycles. The third-order valence-electron chi connectivity index (χ3n) is 7.04. The first-order valence-corrected chi connectivity index (χ1v) is 13.2. The van der Waals surface area contributed by atoms with Gasteiger partial charge in [-0.05, 0) is 113 Å². The molecule has 0 spiro atoms. The van der Waals surface area contributed by atoms with E-state index < -0.39 is 0 Å². The van der Waals surface area contributed by atoms with Crippen LogP contribution in [0.25, 0.3) is 5.69 Å². The maximum absolute atomic E-state index is 5.95. The number of para-hydroxylation sites is 1. The summed E-state index contributed by atoms with van der Waals surface area (Å²) in [7, 11) is 0.